The molecule has 1 aromatic rings. The van der Waals surface area contributed by atoms with Crippen molar-refractivity contribution in [2.45, 2.75) is 37.3 Å². The zero-order valence-corrected chi connectivity index (χ0v) is 10.8. The second kappa shape index (κ2) is 5.56. The lowest BCUT2D eigenvalue weighted by Crippen LogP contribution is -2.53. The molecule has 2 saturated heterocycles. The Labute approximate surface area is 112 Å². The standard InChI is InChI=1S/C14H18O5/c1-16-14-10(15)7-11-12(19-14)8-17-13(18-11)9-5-3-2-4-6-9/h2-6,10-15H,7-8H2,1H3/t10-,11-,12-,13-,14-/m1/s1. The number of hydrogen-bond donors (Lipinski definition) is 1. The van der Waals surface area contributed by atoms with Crippen LogP contribution in [0.25, 0.3) is 0 Å². The van der Waals surface area contributed by atoms with E-state index in [0.29, 0.717) is 13.0 Å². The summed E-state index contributed by atoms with van der Waals surface area (Å²) in [7, 11) is 1.52. The molecule has 0 unspecified atom stereocenters. The van der Waals surface area contributed by atoms with Crippen LogP contribution in [0.2, 0.25) is 0 Å². The smallest absolute Gasteiger partial charge is 0.184 e. The quantitative estimate of drug-likeness (QED) is 0.872. The van der Waals surface area contributed by atoms with Crippen LogP contribution in [0.4, 0.5) is 0 Å². The van der Waals surface area contributed by atoms with Crippen LogP contribution >= 0.6 is 0 Å². The van der Waals surface area contributed by atoms with Gasteiger partial charge in [0, 0.05) is 19.1 Å². The molecular formula is C14H18O5. The maximum absolute atomic E-state index is 9.89. The fourth-order valence-corrected chi connectivity index (χ4v) is 2.52. The molecule has 2 heterocycles. The lowest BCUT2D eigenvalue weighted by atomic mass is 10.0. The van der Waals surface area contributed by atoms with E-state index >= 15 is 0 Å². The number of ether oxygens (including phenoxy) is 4. The molecule has 1 N–H and O–H groups in total. The molecule has 0 aromatic heterocycles. The Bertz CT molecular complexity index is 410. The van der Waals surface area contributed by atoms with E-state index in [1.165, 1.54) is 7.11 Å². The Hall–Kier alpha value is -0.980. The molecular weight excluding hydrogens is 248 g/mol. The van der Waals surface area contributed by atoms with Crippen LogP contribution in [-0.4, -0.2) is 43.4 Å². The van der Waals surface area contributed by atoms with Crippen molar-refractivity contribution in [3.8, 4) is 0 Å². The van der Waals surface area contributed by atoms with Gasteiger partial charge in [-0.05, 0) is 0 Å². The molecule has 19 heavy (non-hydrogen) atoms. The zero-order valence-electron chi connectivity index (χ0n) is 10.8. The second-order valence-corrected chi connectivity index (χ2v) is 4.83. The van der Waals surface area contributed by atoms with E-state index in [2.05, 4.69) is 0 Å². The van der Waals surface area contributed by atoms with Gasteiger partial charge in [-0.2, -0.15) is 0 Å². The molecule has 2 aliphatic rings. The molecule has 5 heteroatoms. The molecule has 5 atom stereocenters. The average molecular weight is 266 g/mol. The fourth-order valence-electron chi connectivity index (χ4n) is 2.52. The van der Waals surface area contributed by atoms with E-state index in [0.717, 1.165) is 5.56 Å². The van der Waals surface area contributed by atoms with Crippen molar-refractivity contribution in [3.63, 3.8) is 0 Å². The Morgan fingerprint density at radius 3 is 2.68 bits per heavy atom. The Balaban J connectivity index is 1.68. The summed E-state index contributed by atoms with van der Waals surface area (Å²) in [5.74, 6) is 0. The van der Waals surface area contributed by atoms with Crippen LogP contribution in [-0.2, 0) is 18.9 Å². The van der Waals surface area contributed by atoms with E-state index < -0.39 is 18.7 Å². The summed E-state index contributed by atoms with van der Waals surface area (Å²) < 4.78 is 22.2. The molecule has 0 spiro atoms. The van der Waals surface area contributed by atoms with Gasteiger partial charge in [0.2, 0.25) is 0 Å². The van der Waals surface area contributed by atoms with E-state index in [1.54, 1.807) is 0 Å². The van der Waals surface area contributed by atoms with Gasteiger partial charge in [0.1, 0.15) is 12.2 Å². The number of fused-ring (bicyclic) bond motifs is 1. The minimum atomic E-state index is -0.666. The van der Waals surface area contributed by atoms with Crippen molar-refractivity contribution in [2.24, 2.45) is 0 Å². The molecule has 1 aromatic carbocycles. The van der Waals surface area contributed by atoms with E-state index in [-0.39, 0.29) is 12.2 Å². The number of benzene rings is 1. The SMILES string of the molecule is CO[C@@H]1O[C@@H]2CO[C@@H](c3ccccc3)O[C@@H]2C[C@H]1O. The first-order valence-corrected chi connectivity index (χ1v) is 6.46. The number of hydrogen-bond acceptors (Lipinski definition) is 5. The highest BCUT2D eigenvalue weighted by Crippen LogP contribution is 2.33. The van der Waals surface area contributed by atoms with Gasteiger partial charge < -0.3 is 24.1 Å². The van der Waals surface area contributed by atoms with Gasteiger partial charge >= 0.3 is 0 Å². The molecule has 104 valence electrons. The summed E-state index contributed by atoms with van der Waals surface area (Å²) in [5, 5.41) is 9.89. The normalized spacial score (nSPS) is 38.7. The lowest BCUT2D eigenvalue weighted by molar-refractivity contribution is -0.333. The highest BCUT2D eigenvalue weighted by atomic mass is 16.7. The largest absolute Gasteiger partial charge is 0.388 e. The third kappa shape index (κ3) is 2.66. The first kappa shape index (κ1) is 13.0. The summed E-state index contributed by atoms with van der Waals surface area (Å²) in [6.07, 6.45) is -1.51. The molecule has 5 nitrogen and oxygen atoms in total. The molecule has 0 aliphatic carbocycles. The Morgan fingerprint density at radius 1 is 1.16 bits per heavy atom. The molecule has 0 amide bonds. The third-order valence-electron chi connectivity index (χ3n) is 3.53. The molecule has 0 radical (unpaired) electrons. The summed E-state index contributed by atoms with van der Waals surface area (Å²) >= 11 is 0. The first-order chi connectivity index (χ1) is 9.28. The predicted octanol–water partition coefficient (Wildman–Crippen LogP) is 1.22. The van der Waals surface area contributed by atoms with Gasteiger partial charge in [-0.25, -0.2) is 0 Å². The van der Waals surface area contributed by atoms with E-state index in [4.69, 9.17) is 18.9 Å². The number of aliphatic hydroxyl groups is 1. The fraction of sp³-hybridized carbons (Fsp3) is 0.571. The van der Waals surface area contributed by atoms with Crippen LogP contribution in [0.1, 0.15) is 18.3 Å². The van der Waals surface area contributed by atoms with Gasteiger partial charge in [-0.1, -0.05) is 30.3 Å². The molecule has 2 fully saturated rings. The van der Waals surface area contributed by atoms with Crippen LogP contribution in [0, 0.1) is 0 Å². The summed E-state index contributed by atoms with van der Waals surface area (Å²) in [4.78, 5) is 0. The minimum absolute atomic E-state index is 0.166. The van der Waals surface area contributed by atoms with Crippen LogP contribution < -0.4 is 0 Å². The molecule has 2 aliphatic heterocycles. The maximum atomic E-state index is 9.89. The highest BCUT2D eigenvalue weighted by Gasteiger charge is 2.42. The van der Waals surface area contributed by atoms with Crippen LogP contribution in [0.5, 0.6) is 0 Å². The van der Waals surface area contributed by atoms with E-state index in [9.17, 15) is 5.11 Å². The monoisotopic (exact) mass is 266 g/mol. The van der Waals surface area contributed by atoms with Crippen molar-refractivity contribution in [3.05, 3.63) is 35.9 Å². The number of methoxy groups -OCH3 is 1. The van der Waals surface area contributed by atoms with Crippen molar-refractivity contribution < 1.29 is 24.1 Å². The van der Waals surface area contributed by atoms with Gasteiger partial charge in [0.25, 0.3) is 0 Å². The van der Waals surface area contributed by atoms with Crippen molar-refractivity contribution in [1.82, 2.24) is 0 Å². The van der Waals surface area contributed by atoms with Gasteiger partial charge in [0.05, 0.1) is 12.7 Å². The summed E-state index contributed by atoms with van der Waals surface area (Å²) in [6.45, 7) is 0.441. The number of rotatable bonds is 2. The van der Waals surface area contributed by atoms with Crippen molar-refractivity contribution in [2.75, 3.05) is 13.7 Å². The summed E-state index contributed by atoms with van der Waals surface area (Å²) in [5.41, 5.74) is 0.976. The topological polar surface area (TPSA) is 57.2 Å². The maximum Gasteiger partial charge on any atom is 0.184 e. The van der Waals surface area contributed by atoms with Crippen molar-refractivity contribution >= 4 is 0 Å². The average Bonchev–Trinajstić information content (AvgIpc) is 2.47. The van der Waals surface area contributed by atoms with Crippen LogP contribution in [0.15, 0.2) is 30.3 Å². The second-order valence-electron chi connectivity index (χ2n) is 4.83. The molecule has 3 rings (SSSR count). The highest BCUT2D eigenvalue weighted by molar-refractivity contribution is 5.16. The van der Waals surface area contributed by atoms with Crippen LogP contribution in [0.3, 0.4) is 0 Å². The van der Waals surface area contributed by atoms with E-state index in [1.807, 2.05) is 30.3 Å². The predicted molar refractivity (Wildman–Crippen MR) is 66.3 cm³/mol. The van der Waals surface area contributed by atoms with Crippen molar-refractivity contribution in [1.29, 1.82) is 0 Å². The third-order valence-corrected chi connectivity index (χ3v) is 3.53. The Morgan fingerprint density at radius 2 is 1.95 bits per heavy atom. The summed E-state index contributed by atoms with van der Waals surface area (Å²) in [6, 6.07) is 9.76. The minimum Gasteiger partial charge on any atom is -0.388 e. The molecule has 0 bridgehead atoms. The first-order valence-electron chi connectivity index (χ1n) is 6.46. The zero-order chi connectivity index (χ0) is 13.2. The van der Waals surface area contributed by atoms with Gasteiger partial charge in [-0.3, -0.25) is 0 Å². The van der Waals surface area contributed by atoms with Gasteiger partial charge in [0.15, 0.2) is 12.6 Å². The molecule has 0 saturated carbocycles. The van der Waals surface area contributed by atoms with Gasteiger partial charge in [-0.15, -0.1) is 0 Å². The Kier molecular flexibility index (Phi) is 3.81. The lowest BCUT2D eigenvalue weighted by Gasteiger charge is -2.43. The number of aliphatic hydroxyl groups excluding tert-OH is 1.